The first kappa shape index (κ1) is 14.0. The van der Waals surface area contributed by atoms with E-state index in [0.717, 1.165) is 20.7 Å². The average Bonchev–Trinajstić information content (AvgIpc) is 2.96. The Hall–Kier alpha value is 0.620. The van der Waals surface area contributed by atoms with E-state index in [1.54, 1.807) is 0 Å². The van der Waals surface area contributed by atoms with Gasteiger partial charge in [0.1, 0.15) is 0 Å². The van der Waals surface area contributed by atoms with Crippen molar-refractivity contribution in [1.29, 1.82) is 5.41 Å². The first-order valence-corrected chi connectivity index (χ1v) is 10.5. The SMILES string of the molecule is CC1C[C@@H]1c1c(Cl)cc(NPI)c(C=N)c1Br. The Labute approximate surface area is 129 Å². The van der Waals surface area contributed by atoms with Crippen LogP contribution >= 0.6 is 55.9 Å². The summed E-state index contributed by atoms with van der Waals surface area (Å²) in [4.78, 5) is 0. The third-order valence-electron chi connectivity index (χ3n) is 3.10. The molecule has 1 aromatic carbocycles. The molecule has 1 fully saturated rings. The molecule has 2 N–H and O–H groups in total. The topological polar surface area (TPSA) is 35.9 Å². The highest BCUT2D eigenvalue weighted by molar-refractivity contribution is 14.2. The van der Waals surface area contributed by atoms with Gasteiger partial charge in [0.2, 0.25) is 0 Å². The van der Waals surface area contributed by atoms with Crippen molar-refractivity contribution in [2.75, 3.05) is 5.09 Å². The quantitative estimate of drug-likeness (QED) is 0.354. The molecule has 1 saturated carbocycles. The molecule has 0 radical (unpaired) electrons. The zero-order valence-electron chi connectivity index (χ0n) is 9.15. The molecular weight excluding hydrogens is 433 g/mol. The van der Waals surface area contributed by atoms with Crippen LogP contribution in [0.5, 0.6) is 0 Å². The van der Waals surface area contributed by atoms with E-state index in [1.165, 1.54) is 18.2 Å². The Bertz CT molecular complexity index is 469. The van der Waals surface area contributed by atoms with E-state index in [2.05, 4.69) is 50.0 Å². The standard InChI is InChI=1S/C11H12BrClIN2P/c1-5-2-6(5)10-8(13)3-9(16-17-14)7(4-15)11(10)12/h3-6,15-17H,2H2,1H3/t5?,6-/m0/s1. The Kier molecular flexibility index (Phi) is 4.73. The fourth-order valence-electron chi connectivity index (χ4n) is 2.01. The molecule has 2 nitrogen and oxygen atoms in total. The average molecular weight is 445 g/mol. The zero-order valence-corrected chi connectivity index (χ0v) is 14.6. The number of anilines is 1. The van der Waals surface area contributed by atoms with Gasteiger partial charge in [-0.25, -0.2) is 0 Å². The van der Waals surface area contributed by atoms with Crippen molar-refractivity contribution in [3.05, 3.63) is 26.7 Å². The monoisotopic (exact) mass is 444 g/mol. The van der Waals surface area contributed by atoms with E-state index in [-0.39, 0.29) is 0 Å². The summed E-state index contributed by atoms with van der Waals surface area (Å²) in [5.41, 5.74) is 2.99. The summed E-state index contributed by atoms with van der Waals surface area (Å²) in [7, 11) is 0. The molecule has 6 heteroatoms. The predicted molar refractivity (Wildman–Crippen MR) is 89.5 cm³/mol. The minimum Gasteiger partial charge on any atom is -0.358 e. The Morgan fingerprint density at radius 3 is 2.82 bits per heavy atom. The Morgan fingerprint density at radius 2 is 2.35 bits per heavy atom. The lowest BCUT2D eigenvalue weighted by Crippen LogP contribution is -1.97. The number of hydrogen-bond donors (Lipinski definition) is 2. The first-order valence-electron chi connectivity index (χ1n) is 5.24. The molecule has 0 bridgehead atoms. The van der Waals surface area contributed by atoms with Crippen molar-refractivity contribution < 1.29 is 0 Å². The smallest absolute Gasteiger partial charge is 0.0491 e. The van der Waals surface area contributed by atoms with Gasteiger partial charge in [0, 0.05) is 33.3 Å². The van der Waals surface area contributed by atoms with Crippen LogP contribution in [-0.4, -0.2) is 6.21 Å². The zero-order chi connectivity index (χ0) is 12.6. The van der Waals surface area contributed by atoms with Gasteiger partial charge in [0.15, 0.2) is 0 Å². The van der Waals surface area contributed by atoms with Crippen molar-refractivity contribution in [3.8, 4) is 0 Å². The van der Waals surface area contributed by atoms with Crippen LogP contribution in [0.1, 0.15) is 30.4 Å². The normalized spacial score (nSPS) is 23.1. The lowest BCUT2D eigenvalue weighted by Gasteiger charge is -2.14. The molecule has 17 heavy (non-hydrogen) atoms. The van der Waals surface area contributed by atoms with Gasteiger partial charge in [-0.2, -0.15) is 0 Å². The molecule has 3 atom stereocenters. The summed E-state index contributed by atoms with van der Waals surface area (Å²) < 4.78 is 0.978. The Morgan fingerprint density at radius 1 is 1.71 bits per heavy atom. The summed E-state index contributed by atoms with van der Waals surface area (Å²) >= 11 is 12.2. The van der Waals surface area contributed by atoms with Crippen LogP contribution in [0.2, 0.25) is 5.02 Å². The van der Waals surface area contributed by atoms with Gasteiger partial charge in [-0.05, 0) is 67.9 Å². The van der Waals surface area contributed by atoms with E-state index < -0.39 is 0 Å². The van der Waals surface area contributed by atoms with E-state index in [1.807, 2.05) is 6.07 Å². The fourth-order valence-corrected chi connectivity index (χ4v) is 4.48. The summed E-state index contributed by atoms with van der Waals surface area (Å²) in [5.74, 6) is 1.25. The molecule has 1 aromatic rings. The van der Waals surface area contributed by atoms with Crippen molar-refractivity contribution in [2.24, 2.45) is 5.92 Å². The second-order valence-electron chi connectivity index (χ2n) is 4.23. The minimum absolute atomic E-state index is 0.548. The maximum absolute atomic E-state index is 7.55. The third-order valence-corrected chi connectivity index (χ3v) is 5.44. The maximum Gasteiger partial charge on any atom is 0.0491 e. The van der Waals surface area contributed by atoms with E-state index >= 15 is 0 Å². The summed E-state index contributed by atoms with van der Waals surface area (Å²) in [6.07, 6.45) is 3.14. The summed E-state index contributed by atoms with van der Waals surface area (Å²) in [6.45, 7) is 2.23. The molecule has 0 aromatic heterocycles. The highest BCUT2D eigenvalue weighted by atomic mass is 127. The predicted octanol–water partition coefficient (Wildman–Crippen LogP) is 5.58. The molecule has 2 rings (SSSR count). The van der Waals surface area contributed by atoms with Crippen LogP contribution in [0.25, 0.3) is 0 Å². The summed E-state index contributed by atoms with van der Waals surface area (Å²) in [6, 6.07) is 1.94. The third kappa shape index (κ3) is 2.80. The second-order valence-corrected chi connectivity index (χ2v) is 7.49. The van der Waals surface area contributed by atoms with E-state index in [4.69, 9.17) is 17.0 Å². The van der Waals surface area contributed by atoms with E-state index in [9.17, 15) is 0 Å². The molecule has 92 valence electrons. The molecule has 1 aliphatic rings. The summed E-state index contributed by atoms with van der Waals surface area (Å²) in [5, 5.41) is 11.6. The lowest BCUT2D eigenvalue weighted by atomic mass is 10.0. The highest BCUT2D eigenvalue weighted by Gasteiger charge is 2.37. The van der Waals surface area contributed by atoms with Crippen LogP contribution < -0.4 is 5.09 Å². The number of hydrogen-bond acceptors (Lipinski definition) is 2. The van der Waals surface area contributed by atoms with Gasteiger partial charge in [-0.3, -0.25) is 0 Å². The molecule has 0 heterocycles. The largest absolute Gasteiger partial charge is 0.358 e. The minimum atomic E-state index is 0.548. The van der Waals surface area contributed by atoms with Gasteiger partial charge in [-0.1, -0.05) is 18.5 Å². The molecular formula is C11H12BrClIN2P. The molecule has 0 saturated heterocycles. The number of benzene rings is 1. The van der Waals surface area contributed by atoms with Gasteiger partial charge in [-0.15, -0.1) is 0 Å². The van der Waals surface area contributed by atoms with Crippen molar-refractivity contribution >= 4 is 67.8 Å². The molecule has 0 amide bonds. The van der Waals surface area contributed by atoms with Crippen LogP contribution in [0.15, 0.2) is 10.5 Å². The van der Waals surface area contributed by atoms with Gasteiger partial charge >= 0.3 is 0 Å². The molecule has 0 aliphatic heterocycles. The van der Waals surface area contributed by atoms with Gasteiger partial charge < -0.3 is 10.5 Å². The van der Waals surface area contributed by atoms with Crippen LogP contribution in [0, 0.1) is 11.3 Å². The highest BCUT2D eigenvalue weighted by Crippen LogP contribution is 2.53. The number of rotatable bonds is 4. The lowest BCUT2D eigenvalue weighted by molar-refractivity contribution is 0.911. The number of halogens is 3. The Balaban J connectivity index is 2.51. The maximum atomic E-state index is 7.55. The molecule has 1 aliphatic carbocycles. The number of nitrogens with one attached hydrogen (secondary N) is 2. The van der Waals surface area contributed by atoms with Crippen molar-refractivity contribution in [3.63, 3.8) is 0 Å². The van der Waals surface area contributed by atoms with Gasteiger partial charge in [0.05, 0.1) is 0 Å². The molecule has 2 unspecified atom stereocenters. The van der Waals surface area contributed by atoms with Crippen LogP contribution in [0.3, 0.4) is 0 Å². The van der Waals surface area contributed by atoms with E-state index in [0.29, 0.717) is 18.2 Å². The first-order chi connectivity index (χ1) is 8.10. The van der Waals surface area contributed by atoms with Crippen molar-refractivity contribution in [1.82, 2.24) is 0 Å². The second kappa shape index (κ2) is 5.72. The van der Waals surface area contributed by atoms with Crippen LogP contribution in [-0.2, 0) is 0 Å². The fraction of sp³-hybridized carbons (Fsp3) is 0.364. The van der Waals surface area contributed by atoms with Crippen LogP contribution in [0.4, 0.5) is 5.69 Å². The molecule has 0 spiro atoms. The van der Waals surface area contributed by atoms with Crippen molar-refractivity contribution in [2.45, 2.75) is 19.3 Å². The van der Waals surface area contributed by atoms with Gasteiger partial charge in [0.25, 0.3) is 0 Å².